The van der Waals surface area contributed by atoms with E-state index in [1.807, 2.05) is 26.0 Å². The van der Waals surface area contributed by atoms with Gasteiger partial charge in [0.1, 0.15) is 17.7 Å². The Bertz CT molecular complexity index is 1080. The van der Waals surface area contributed by atoms with Crippen molar-refractivity contribution in [2.45, 2.75) is 104 Å². The van der Waals surface area contributed by atoms with Gasteiger partial charge in [-0.2, -0.15) is 0 Å². The van der Waals surface area contributed by atoms with Crippen molar-refractivity contribution in [3.8, 4) is 0 Å². The molecule has 2 atom stereocenters. The smallest absolute Gasteiger partial charge is 0.408 e. The Morgan fingerprint density at radius 2 is 1.77 bits per heavy atom. The molecule has 0 aromatic heterocycles. The van der Waals surface area contributed by atoms with Gasteiger partial charge in [0, 0.05) is 19.0 Å². The fourth-order valence-electron chi connectivity index (χ4n) is 4.46. The summed E-state index contributed by atoms with van der Waals surface area (Å²) in [7, 11) is 0. The molecule has 222 valence electrons. The fraction of sp³-hybridized carbons (Fsp3) is 0.621. The van der Waals surface area contributed by atoms with E-state index in [1.54, 1.807) is 33.8 Å². The second-order valence-electron chi connectivity index (χ2n) is 11.1. The van der Waals surface area contributed by atoms with Crippen LogP contribution in [-0.4, -0.2) is 65.5 Å². The van der Waals surface area contributed by atoms with Gasteiger partial charge in [0.25, 0.3) is 0 Å². The summed E-state index contributed by atoms with van der Waals surface area (Å²) in [5, 5.41) is 5.40. The molecule has 4 N–H and O–H groups in total. The largest absolute Gasteiger partial charge is 0.466 e. The van der Waals surface area contributed by atoms with Crippen molar-refractivity contribution in [2.24, 2.45) is 5.73 Å². The van der Waals surface area contributed by atoms with Crippen LogP contribution >= 0.6 is 0 Å². The lowest BCUT2D eigenvalue weighted by Crippen LogP contribution is -2.57. The lowest BCUT2D eigenvalue weighted by molar-refractivity contribution is -0.148. The average molecular weight is 561 g/mol. The number of amides is 4. The first kappa shape index (κ1) is 32.6. The molecule has 0 radical (unpaired) electrons. The first-order valence-electron chi connectivity index (χ1n) is 13.8. The summed E-state index contributed by atoms with van der Waals surface area (Å²) in [5.74, 6) is -2.03. The first-order valence-corrected chi connectivity index (χ1v) is 13.8. The molecule has 4 amide bonds. The van der Waals surface area contributed by atoms with Gasteiger partial charge >= 0.3 is 12.1 Å². The number of hydrogen-bond acceptors (Lipinski definition) is 7. The van der Waals surface area contributed by atoms with Crippen LogP contribution in [0.2, 0.25) is 0 Å². The molecule has 11 heteroatoms. The molecule has 1 saturated carbocycles. The zero-order valence-corrected chi connectivity index (χ0v) is 24.5. The SMILES string of the molecule is CCOC(=O)CCNC(=O)C(c1cccc(C)c1C)N(C(=O)C(CCC(N)=O)NC(=O)OC(C)(C)C)C1CCC1. The van der Waals surface area contributed by atoms with Crippen molar-refractivity contribution in [2.75, 3.05) is 13.2 Å². The number of nitrogens with two attached hydrogens (primary N) is 1. The summed E-state index contributed by atoms with van der Waals surface area (Å²) in [5.41, 5.74) is 6.99. The van der Waals surface area contributed by atoms with E-state index in [0.717, 1.165) is 17.5 Å². The van der Waals surface area contributed by atoms with E-state index in [1.165, 1.54) is 4.90 Å². The Morgan fingerprint density at radius 1 is 1.10 bits per heavy atom. The number of carbonyl (C=O) groups is 5. The molecule has 1 aliphatic carbocycles. The van der Waals surface area contributed by atoms with Crippen LogP contribution in [0.15, 0.2) is 18.2 Å². The normalized spacial score (nSPS) is 14.8. The Morgan fingerprint density at radius 3 is 2.33 bits per heavy atom. The van der Waals surface area contributed by atoms with Crippen molar-refractivity contribution < 1.29 is 33.4 Å². The maximum atomic E-state index is 14.2. The second-order valence-corrected chi connectivity index (χ2v) is 11.1. The number of hydrogen-bond donors (Lipinski definition) is 3. The van der Waals surface area contributed by atoms with Gasteiger partial charge in [-0.15, -0.1) is 0 Å². The van der Waals surface area contributed by atoms with Gasteiger partial charge in [0.2, 0.25) is 17.7 Å². The highest BCUT2D eigenvalue weighted by atomic mass is 16.6. The van der Waals surface area contributed by atoms with Gasteiger partial charge in [0.05, 0.1) is 13.0 Å². The third-order valence-electron chi connectivity index (χ3n) is 6.79. The van der Waals surface area contributed by atoms with Crippen molar-refractivity contribution >= 4 is 29.8 Å². The quantitative estimate of drug-likeness (QED) is 0.313. The number of carbonyl (C=O) groups excluding carboxylic acids is 5. The van der Waals surface area contributed by atoms with E-state index >= 15 is 0 Å². The van der Waals surface area contributed by atoms with Crippen LogP contribution in [0.4, 0.5) is 4.79 Å². The molecule has 40 heavy (non-hydrogen) atoms. The monoisotopic (exact) mass is 560 g/mol. The van der Waals surface area contributed by atoms with Crippen LogP contribution in [0.3, 0.4) is 0 Å². The van der Waals surface area contributed by atoms with E-state index in [4.69, 9.17) is 15.2 Å². The number of benzene rings is 1. The third-order valence-corrected chi connectivity index (χ3v) is 6.79. The number of alkyl carbamates (subject to hydrolysis) is 1. The molecule has 1 fully saturated rings. The molecule has 2 unspecified atom stereocenters. The molecular formula is C29H44N4O7. The van der Waals surface area contributed by atoms with Crippen LogP contribution in [0.5, 0.6) is 0 Å². The lowest BCUT2D eigenvalue weighted by Gasteiger charge is -2.44. The van der Waals surface area contributed by atoms with Gasteiger partial charge in [-0.3, -0.25) is 19.2 Å². The predicted octanol–water partition coefficient (Wildman–Crippen LogP) is 2.95. The van der Waals surface area contributed by atoms with Gasteiger partial charge in [0.15, 0.2) is 0 Å². The number of primary amides is 1. The van der Waals surface area contributed by atoms with E-state index in [0.29, 0.717) is 18.4 Å². The highest BCUT2D eigenvalue weighted by Gasteiger charge is 2.42. The van der Waals surface area contributed by atoms with Crippen LogP contribution in [0.25, 0.3) is 0 Å². The van der Waals surface area contributed by atoms with Gasteiger partial charge in [-0.05, 0) is 83.9 Å². The number of rotatable bonds is 13. The maximum absolute atomic E-state index is 14.2. The fourth-order valence-corrected chi connectivity index (χ4v) is 4.46. The van der Waals surface area contributed by atoms with E-state index < -0.39 is 47.5 Å². The van der Waals surface area contributed by atoms with Gasteiger partial charge in [-0.1, -0.05) is 18.2 Å². The molecule has 1 aliphatic rings. The van der Waals surface area contributed by atoms with Gasteiger partial charge in [-0.25, -0.2) is 4.79 Å². The highest BCUT2D eigenvalue weighted by Crippen LogP contribution is 2.35. The van der Waals surface area contributed by atoms with Gasteiger partial charge < -0.3 is 30.7 Å². The second kappa shape index (κ2) is 14.7. The third kappa shape index (κ3) is 9.53. The molecule has 0 bridgehead atoms. The van der Waals surface area contributed by atoms with E-state index in [-0.39, 0.29) is 38.5 Å². The standard InChI is InChI=1S/C29H44N4O7/c1-7-39-24(35)16-17-31-26(36)25(21-13-8-10-18(2)19(21)3)33(20-11-9-12-20)27(37)22(14-15-23(30)34)32-28(38)40-29(4,5)6/h8,10,13,20,22,25H,7,9,11-12,14-17H2,1-6H3,(H2,30,34)(H,31,36)(H,32,38). The number of ether oxygens (including phenoxy) is 2. The Kier molecular flexibility index (Phi) is 11.9. The predicted molar refractivity (Wildman–Crippen MR) is 149 cm³/mol. The number of nitrogens with one attached hydrogen (secondary N) is 2. The number of aryl methyl sites for hydroxylation is 1. The summed E-state index contributed by atoms with van der Waals surface area (Å²) >= 11 is 0. The summed E-state index contributed by atoms with van der Waals surface area (Å²) in [6, 6.07) is 3.10. The molecule has 1 aromatic rings. The topological polar surface area (TPSA) is 157 Å². The summed E-state index contributed by atoms with van der Waals surface area (Å²) in [6.45, 7) is 10.9. The van der Waals surface area contributed by atoms with E-state index in [9.17, 15) is 24.0 Å². The summed E-state index contributed by atoms with van der Waals surface area (Å²) < 4.78 is 10.3. The van der Waals surface area contributed by atoms with Crippen LogP contribution < -0.4 is 16.4 Å². The maximum Gasteiger partial charge on any atom is 0.408 e. The number of nitrogens with zero attached hydrogens (tertiary/aromatic N) is 1. The summed E-state index contributed by atoms with van der Waals surface area (Å²) in [4.78, 5) is 65.7. The zero-order chi connectivity index (χ0) is 30.0. The number of esters is 1. The molecule has 11 nitrogen and oxygen atoms in total. The molecule has 0 aliphatic heterocycles. The van der Waals surface area contributed by atoms with Crippen molar-refractivity contribution in [3.63, 3.8) is 0 Å². The average Bonchev–Trinajstić information content (AvgIpc) is 2.81. The zero-order valence-electron chi connectivity index (χ0n) is 24.5. The minimum atomic E-state index is -1.15. The van der Waals surface area contributed by atoms with Crippen LogP contribution in [0, 0.1) is 13.8 Å². The molecule has 2 rings (SSSR count). The van der Waals surface area contributed by atoms with Crippen molar-refractivity contribution in [1.29, 1.82) is 0 Å². The highest BCUT2D eigenvalue weighted by molar-refractivity contribution is 5.93. The van der Waals surface area contributed by atoms with Crippen LogP contribution in [0.1, 0.15) is 89.0 Å². The molecular weight excluding hydrogens is 516 g/mol. The van der Waals surface area contributed by atoms with E-state index in [2.05, 4.69) is 10.6 Å². The minimum Gasteiger partial charge on any atom is -0.466 e. The lowest BCUT2D eigenvalue weighted by atomic mass is 9.86. The van der Waals surface area contributed by atoms with Crippen LogP contribution in [-0.2, 0) is 28.7 Å². The first-order chi connectivity index (χ1) is 18.7. The Labute approximate surface area is 236 Å². The molecule has 1 aromatic carbocycles. The van der Waals surface area contributed by atoms with Crippen molar-refractivity contribution in [3.05, 3.63) is 34.9 Å². The Hall–Kier alpha value is -3.63. The Balaban J connectivity index is 2.49. The molecule has 0 saturated heterocycles. The van der Waals surface area contributed by atoms with Crippen molar-refractivity contribution in [1.82, 2.24) is 15.5 Å². The molecule has 0 spiro atoms. The summed E-state index contributed by atoms with van der Waals surface area (Å²) in [6.07, 6.45) is 1.20. The molecule has 0 heterocycles. The minimum absolute atomic E-state index is 0.0160.